The van der Waals surface area contributed by atoms with Crippen molar-refractivity contribution in [1.29, 1.82) is 0 Å². The largest absolute Gasteiger partial charge is 0.497 e. The van der Waals surface area contributed by atoms with Gasteiger partial charge in [0.15, 0.2) is 0 Å². The molecule has 2 N–H and O–H groups in total. The van der Waals surface area contributed by atoms with E-state index in [1.807, 2.05) is 0 Å². The molecule has 100 valence electrons. The summed E-state index contributed by atoms with van der Waals surface area (Å²) < 4.78 is 32.3. The van der Waals surface area contributed by atoms with Crippen LogP contribution in [0.25, 0.3) is 0 Å². The fourth-order valence-electron chi connectivity index (χ4n) is 1.79. The first-order valence-corrected chi connectivity index (χ1v) is 5.94. The van der Waals surface area contributed by atoms with E-state index in [2.05, 4.69) is 0 Å². The third kappa shape index (κ3) is 2.85. The first-order valence-electron chi connectivity index (χ1n) is 5.57. The van der Waals surface area contributed by atoms with Gasteiger partial charge in [-0.15, -0.1) is 0 Å². The summed E-state index contributed by atoms with van der Waals surface area (Å²) in [4.78, 5) is 0. The molecule has 0 aliphatic rings. The quantitative estimate of drug-likeness (QED) is 0.872. The zero-order valence-corrected chi connectivity index (χ0v) is 10.9. The van der Waals surface area contributed by atoms with Gasteiger partial charge in [0.25, 0.3) is 0 Å². The lowest BCUT2D eigenvalue weighted by Gasteiger charge is -2.15. The molecule has 2 aromatic carbocycles. The summed E-state index contributed by atoms with van der Waals surface area (Å²) in [5.74, 6) is -0.735. The minimum atomic E-state index is -0.790. The van der Waals surface area contributed by atoms with Crippen molar-refractivity contribution in [3.05, 3.63) is 64.2 Å². The van der Waals surface area contributed by atoms with Gasteiger partial charge < -0.3 is 10.5 Å². The number of rotatable bonds is 3. The van der Waals surface area contributed by atoms with Crippen molar-refractivity contribution in [1.82, 2.24) is 0 Å². The molecule has 1 atom stereocenters. The van der Waals surface area contributed by atoms with Gasteiger partial charge in [-0.05, 0) is 29.8 Å². The Morgan fingerprint density at radius 2 is 1.89 bits per heavy atom. The molecule has 0 saturated heterocycles. The first-order chi connectivity index (χ1) is 9.02. The van der Waals surface area contributed by atoms with Crippen LogP contribution in [-0.2, 0) is 0 Å². The van der Waals surface area contributed by atoms with Crippen molar-refractivity contribution >= 4 is 11.6 Å². The molecule has 19 heavy (non-hydrogen) atoms. The number of ether oxygens (including phenoxy) is 1. The smallest absolute Gasteiger partial charge is 0.142 e. The SMILES string of the molecule is COc1cccc(C(N)c2cc(F)c(Cl)cc2F)c1. The van der Waals surface area contributed by atoms with Crippen LogP contribution in [0.5, 0.6) is 5.75 Å². The molecule has 0 saturated carbocycles. The van der Waals surface area contributed by atoms with E-state index in [9.17, 15) is 8.78 Å². The Morgan fingerprint density at radius 1 is 1.16 bits per heavy atom. The minimum Gasteiger partial charge on any atom is -0.497 e. The standard InChI is InChI=1S/C14H12ClF2NO/c1-19-9-4-2-3-8(5-9)14(18)10-6-13(17)11(15)7-12(10)16/h2-7,14H,18H2,1H3. The average Bonchev–Trinajstić information content (AvgIpc) is 2.42. The van der Waals surface area contributed by atoms with Gasteiger partial charge in [-0.25, -0.2) is 8.78 Å². The van der Waals surface area contributed by atoms with Gasteiger partial charge in [0.2, 0.25) is 0 Å². The van der Waals surface area contributed by atoms with Crippen LogP contribution in [0.1, 0.15) is 17.2 Å². The monoisotopic (exact) mass is 283 g/mol. The van der Waals surface area contributed by atoms with Gasteiger partial charge in [0, 0.05) is 5.56 Å². The number of halogens is 3. The van der Waals surface area contributed by atoms with Crippen molar-refractivity contribution in [3.8, 4) is 5.75 Å². The van der Waals surface area contributed by atoms with Gasteiger partial charge in [-0.1, -0.05) is 23.7 Å². The highest BCUT2D eigenvalue weighted by Crippen LogP contribution is 2.28. The van der Waals surface area contributed by atoms with Gasteiger partial charge in [-0.2, -0.15) is 0 Å². The van der Waals surface area contributed by atoms with Crippen molar-refractivity contribution in [2.75, 3.05) is 7.11 Å². The first kappa shape index (κ1) is 13.8. The molecule has 2 aromatic rings. The minimum absolute atomic E-state index is 0.0511. The molecule has 2 nitrogen and oxygen atoms in total. The number of nitrogens with two attached hydrogens (primary N) is 1. The summed E-state index contributed by atoms with van der Waals surface area (Å²) in [5, 5.41) is -0.265. The summed E-state index contributed by atoms with van der Waals surface area (Å²) >= 11 is 5.51. The Morgan fingerprint density at radius 3 is 2.58 bits per heavy atom. The molecule has 0 spiro atoms. The lowest BCUT2D eigenvalue weighted by Crippen LogP contribution is -2.14. The van der Waals surface area contributed by atoms with Crippen LogP contribution in [0.4, 0.5) is 8.78 Å². The molecular formula is C14H12ClF2NO. The van der Waals surface area contributed by atoms with Crippen LogP contribution in [0.2, 0.25) is 5.02 Å². The number of benzene rings is 2. The van der Waals surface area contributed by atoms with Crippen LogP contribution in [0.3, 0.4) is 0 Å². The maximum absolute atomic E-state index is 13.8. The van der Waals surface area contributed by atoms with Crippen LogP contribution < -0.4 is 10.5 Å². The van der Waals surface area contributed by atoms with Crippen molar-refractivity contribution in [2.45, 2.75) is 6.04 Å². The zero-order valence-electron chi connectivity index (χ0n) is 10.2. The molecule has 0 heterocycles. The van der Waals surface area contributed by atoms with Crippen LogP contribution >= 0.6 is 11.6 Å². The van der Waals surface area contributed by atoms with Crippen LogP contribution in [0, 0.1) is 11.6 Å². The van der Waals surface area contributed by atoms with Gasteiger partial charge >= 0.3 is 0 Å². The molecule has 0 fully saturated rings. The van der Waals surface area contributed by atoms with Crippen LogP contribution in [0.15, 0.2) is 36.4 Å². The van der Waals surface area contributed by atoms with Crippen LogP contribution in [-0.4, -0.2) is 7.11 Å². The summed E-state index contributed by atoms with van der Waals surface area (Å²) in [7, 11) is 1.52. The Labute approximate surface area is 114 Å². The topological polar surface area (TPSA) is 35.2 Å². The maximum Gasteiger partial charge on any atom is 0.142 e. The lowest BCUT2D eigenvalue weighted by atomic mass is 9.99. The van der Waals surface area contributed by atoms with E-state index in [0.29, 0.717) is 11.3 Å². The average molecular weight is 284 g/mol. The Kier molecular flexibility index (Phi) is 4.02. The normalized spacial score (nSPS) is 12.3. The highest BCUT2D eigenvalue weighted by molar-refractivity contribution is 6.30. The van der Waals surface area contributed by atoms with E-state index in [1.54, 1.807) is 24.3 Å². The molecule has 0 amide bonds. The molecule has 0 bridgehead atoms. The van der Waals surface area contributed by atoms with Crippen molar-refractivity contribution < 1.29 is 13.5 Å². The predicted molar refractivity (Wildman–Crippen MR) is 70.4 cm³/mol. The lowest BCUT2D eigenvalue weighted by molar-refractivity contribution is 0.414. The van der Waals surface area contributed by atoms with E-state index in [-0.39, 0.29) is 10.6 Å². The summed E-state index contributed by atoms with van der Waals surface area (Å²) in [6, 6.07) is 8.03. The molecule has 0 radical (unpaired) electrons. The summed E-state index contributed by atoms with van der Waals surface area (Å²) in [6.07, 6.45) is 0. The number of hydrogen-bond acceptors (Lipinski definition) is 2. The summed E-state index contributed by atoms with van der Waals surface area (Å²) in [5.41, 5.74) is 6.63. The Bertz CT molecular complexity index is 604. The maximum atomic E-state index is 13.8. The summed E-state index contributed by atoms with van der Waals surface area (Å²) in [6.45, 7) is 0. The third-order valence-electron chi connectivity index (χ3n) is 2.83. The van der Waals surface area contributed by atoms with E-state index in [1.165, 1.54) is 7.11 Å². The van der Waals surface area contributed by atoms with E-state index in [0.717, 1.165) is 12.1 Å². The third-order valence-corrected chi connectivity index (χ3v) is 3.12. The van der Waals surface area contributed by atoms with Crippen molar-refractivity contribution in [2.24, 2.45) is 5.73 Å². The van der Waals surface area contributed by atoms with E-state index < -0.39 is 17.7 Å². The fourth-order valence-corrected chi connectivity index (χ4v) is 1.94. The van der Waals surface area contributed by atoms with Gasteiger partial charge in [0.1, 0.15) is 17.4 Å². The molecule has 0 aromatic heterocycles. The van der Waals surface area contributed by atoms with Crippen molar-refractivity contribution in [3.63, 3.8) is 0 Å². The molecule has 0 aliphatic heterocycles. The zero-order chi connectivity index (χ0) is 14.0. The molecule has 5 heteroatoms. The fraction of sp³-hybridized carbons (Fsp3) is 0.143. The Hall–Kier alpha value is -1.65. The number of hydrogen-bond donors (Lipinski definition) is 1. The van der Waals surface area contributed by atoms with Gasteiger partial charge in [0.05, 0.1) is 18.2 Å². The highest BCUT2D eigenvalue weighted by Gasteiger charge is 2.17. The second-order valence-electron chi connectivity index (χ2n) is 4.04. The van der Waals surface area contributed by atoms with E-state index >= 15 is 0 Å². The molecule has 0 aliphatic carbocycles. The molecular weight excluding hydrogens is 272 g/mol. The second-order valence-corrected chi connectivity index (χ2v) is 4.45. The Balaban J connectivity index is 2.43. The second kappa shape index (κ2) is 5.55. The molecule has 2 rings (SSSR count). The van der Waals surface area contributed by atoms with E-state index in [4.69, 9.17) is 22.1 Å². The number of methoxy groups -OCH3 is 1. The predicted octanol–water partition coefficient (Wildman–Crippen LogP) is 3.67. The highest BCUT2D eigenvalue weighted by atomic mass is 35.5. The van der Waals surface area contributed by atoms with Gasteiger partial charge in [-0.3, -0.25) is 0 Å². The molecule has 1 unspecified atom stereocenters.